The smallest absolute Gasteiger partial charge is 0.350 e. The Morgan fingerprint density at radius 3 is 2.47 bits per heavy atom. The van der Waals surface area contributed by atoms with Gasteiger partial charge < -0.3 is 4.74 Å². The van der Waals surface area contributed by atoms with Crippen LogP contribution in [-0.2, 0) is 14.8 Å². The van der Waals surface area contributed by atoms with Gasteiger partial charge in [-0.05, 0) is 49.4 Å². The molecule has 0 aliphatic heterocycles. The van der Waals surface area contributed by atoms with Crippen LogP contribution >= 0.6 is 22.9 Å². The minimum absolute atomic E-state index is 0.0207. The summed E-state index contributed by atoms with van der Waals surface area (Å²) in [7, 11) is -1.53. The van der Waals surface area contributed by atoms with Crippen LogP contribution in [0.2, 0.25) is 5.02 Å². The molecule has 1 N–H and O–H groups in total. The molecule has 0 radical (unpaired) electrons. The lowest BCUT2D eigenvalue weighted by molar-refractivity contribution is 0.0605. The Labute approximate surface area is 192 Å². The standard InChI is InChI=1S/C20H17ClFN3O5S2/c1-11-17(19(27)30-3)31-20(23-11)24-18(26)15-10-14(8-9-16(15)21)32(28,29)25(2)13-6-4-12(22)5-7-13/h4-10H,1-3H3,(H,23,24,26). The van der Waals surface area contributed by atoms with Crippen LogP contribution in [0.4, 0.5) is 15.2 Å². The van der Waals surface area contributed by atoms with E-state index in [9.17, 15) is 22.4 Å². The second-order valence-corrected chi connectivity index (χ2v) is 9.85. The summed E-state index contributed by atoms with van der Waals surface area (Å²) in [6.45, 7) is 1.59. The van der Waals surface area contributed by atoms with E-state index in [1.165, 1.54) is 38.4 Å². The molecular formula is C20H17ClFN3O5S2. The first-order valence-corrected chi connectivity index (χ1v) is 11.6. The number of methoxy groups -OCH3 is 1. The Kier molecular flexibility index (Phi) is 6.82. The molecule has 0 saturated heterocycles. The molecule has 0 aliphatic carbocycles. The van der Waals surface area contributed by atoms with Crippen molar-refractivity contribution in [1.82, 2.24) is 4.98 Å². The molecule has 0 bridgehead atoms. The van der Waals surface area contributed by atoms with Crippen molar-refractivity contribution in [3.05, 3.63) is 69.4 Å². The molecular weight excluding hydrogens is 481 g/mol. The summed E-state index contributed by atoms with van der Waals surface area (Å²) in [6, 6.07) is 8.60. The van der Waals surface area contributed by atoms with Crippen molar-refractivity contribution < 1.29 is 27.1 Å². The molecule has 0 spiro atoms. The quantitative estimate of drug-likeness (QED) is 0.514. The molecule has 12 heteroatoms. The SMILES string of the molecule is COC(=O)c1sc(NC(=O)c2cc(S(=O)(=O)N(C)c3ccc(F)cc3)ccc2Cl)nc1C. The zero-order valence-electron chi connectivity index (χ0n) is 17.0. The second kappa shape index (κ2) is 9.23. The van der Waals surface area contributed by atoms with Crippen LogP contribution in [0.15, 0.2) is 47.4 Å². The summed E-state index contributed by atoms with van der Waals surface area (Å²) in [5, 5.41) is 2.66. The van der Waals surface area contributed by atoms with Crippen molar-refractivity contribution in [1.29, 1.82) is 0 Å². The fourth-order valence-electron chi connectivity index (χ4n) is 2.68. The van der Waals surface area contributed by atoms with Gasteiger partial charge in [-0.2, -0.15) is 0 Å². The van der Waals surface area contributed by atoms with Gasteiger partial charge in [0.05, 0.1) is 34.0 Å². The van der Waals surface area contributed by atoms with E-state index in [2.05, 4.69) is 15.0 Å². The lowest BCUT2D eigenvalue weighted by Gasteiger charge is -2.20. The zero-order valence-corrected chi connectivity index (χ0v) is 19.4. The van der Waals surface area contributed by atoms with E-state index >= 15 is 0 Å². The van der Waals surface area contributed by atoms with Gasteiger partial charge in [-0.15, -0.1) is 0 Å². The van der Waals surface area contributed by atoms with E-state index in [0.717, 1.165) is 33.8 Å². The number of carbonyl (C=O) groups excluding carboxylic acids is 2. The van der Waals surface area contributed by atoms with Gasteiger partial charge >= 0.3 is 5.97 Å². The number of hydrogen-bond acceptors (Lipinski definition) is 7. The van der Waals surface area contributed by atoms with Crippen LogP contribution in [0.5, 0.6) is 0 Å². The Morgan fingerprint density at radius 1 is 1.19 bits per heavy atom. The third-order valence-electron chi connectivity index (χ3n) is 4.42. The Morgan fingerprint density at radius 2 is 1.84 bits per heavy atom. The van der Waals surface area contributed by atoms with Gasteiger partial charge in [-0.25, -0.2) is 22.6 Å². The highest BCUT2D eigenvalue weighted by atomic mass is 35.5. The summed E-state index contributed by atoms with van der Waals surface area (Å²) >= 11 is 7.05. The number of nitrogens with zero attached hydrogens (tertiary/aromatic N) is 2. The van der Waals surface area contributed by atoms with E-state index in [4.69, 9.17) is 11.6 Å². The number of rotatable bonds is 6. The van der Waals surface area contributed by atoms with Gasteiger partial charge in [0.1, 0.15) is 10.7 Å². The van der Waals surface area contributed by atoms with Crippen molar-refractivity contribution in [2.75, 3.05) is 23.8 Å². The molecule has 0 fully saturated rings. The molecule has 168 valence electrons. The predicted molar refractivity (Wildman–Crippen MR) is 120 cm³/mol. The zero-order chi connectivity index (χ0) is 23.6. The van der Waals surface area contributed by atoms with Crippen LogP contribution in [0.3, 0.4) is 0 Å². The lowest BCUT2D eigenvalue weighted by atomic mass is 10.2. The largest absolute Gasteiger partial charge is 0.465 e. The normalized spacial score (nSPS) is 11.2. The summed E-state index contributed by atoms with van der Waals surface area (Å²) in [6.07, 6.45) is 0. The minimum atomic E-state index is -4.07. The Hall–Kier alpha value is -3.02. The number of halogens is 2. The highest BCUT2D eigenvalue weighted by molar-refractivity contribution is 7.92. The fourth-order valence-corrected chi connectivity index (χ4v) is 4.99. The first-order valence-electron chi connectivity index (χ1n) is 8.95. The molecule has 0 aliphatic rings. The Bertz CT molecular complexity index is 1290. The third kappa shape index (κ3) is 4.74. The van der Waals surface area contributed by atoms with Crippen LogP contribution in [-0.4, -0.2) is 39.4 Å². The summed E-state index contributed by atoms with van der Waals surface area (Å²) in [5.74, 6) is -1.80. The van der Waals surface area contributed by atoms with Crippen molar-refractivity contribution in [3.63, 3.8) is 0 Å². The number of nitrogens with one attached hydrogen (secondary N) is 1. The highest BCUT2D eigenvalue weighted by Gasteiger charge is 2.25. The van der Waals surface area contributed by atoms with Gasteiger partial charge in [0.25, 0.3) is 15.9 Å². The molecule has 3 rings (SSSR count). The maximum atomic E-state index is 13.2. The molecule has 1 aromatic heterocycles. The van der Waals surface area contributed by atoms with E-state index in [-0.39, 0.29) is 31.2 Å². The van der Waals surface area contributed by atoms with Crippen molar-refractivity contribution >= 4 is 55.7 Å². The number of hydrogen-bond donors (Lipinski definition) is 1. The minimum Gasteiger partial charge on any atom is -0.465 e. The third-order valence-corrected chi connectivity index (χ3v) is 7.58. The van der Waals surface area contributed by atoms with E-state index in [0.29, 0.717) is 5.69 Å². The lowest BCUT2D eigenvalue weighted by Crippen LogP contribution is -2.27. The topological polar surface area (TPSA) is 106 Å². The first kappa shape index (κ1) is 23.6. The van der Waals surface area contributed by atoms with Crippen molar-refractivity contribution in [2.45, 2.75) is 11.8 Å². The van der Waals surface area contributed by atoms with Gasteiger partial charge in [0, 0.05) is 7.05 Å². The second-order valence-electron chi connectivity index (χ2n) is 6.47. The van der Waals surface area contributed by atoms with Crippen molar-refractivity contribution in [3.8, 4) is 0 Å². The average molecular weight is 498 g/mol. The molecule has 3 aromatic rings. The number of ether oxygens (including phenoxy) is 1. The molecule has 0 atom stereocenters. The molecule has 8 nitrogen and oxygen atoms in total. The van der Waals surface area contributed by atoms with Gasteiger partial charge in [-0.1, -0.05) is 22.9 Å². The number of carbonyl (C=O) groups is 2. The number of benzene rings is 2. The molecule has 1 heterocycles. The van der Waals surface area contributed by atoms with Gasteiger partial charge in [0.15, 0.2) is 5.13 Å². The molecule has 0 saturated carbocycles. The van der Waals surface area contributed by atoms with E-state index in [1.807, 2.05) is 0 Å². The maximum Gasteiger partial charge on any atom is 0.350 e. The number of aromatic nitrogens is 1. The van der Waals surface area contributed by atoms with E-state index in [1.54, 1.807) is 6.92 Å². The average Bonchev–Trinajstić information content (AvgIpc) is 3.13. The number of amides is 1. The molecule has 32 heavy (non-hydrogen) atoms. The number of sulfonamides is 1. The van der Waals surface area contributed by atoms with Gasteiger partial charge in [0.2, 0.25) is 0 Å². The van der Waals surface area contributed by atoms with E-state index < -0.39 is 27.7 Å². The van der Waals surface area contributed by atoms with Crippen molar-refractivity contribution in [2.24, 2.45) is 0 Å². The number of aryl methyl sites for hydroxylation is 1. The molecule has 2 aromatic carbocycles. The number of anilines is 2. The van der Waals surface area contributed by atoms with Crippen LogP contribution in [0.1, 0.15) is 25.7 Å². The summed E-state index contributed by atoms with van der Waals surface area (Å²) < 4.78 is 44.8. The number of esters is 1. The number of thiazole rings is 1. The monoisotopic (exact) mass is 497 g/mol. The maximum absolute atomic E-state index is 13.2. The summed E-state index contributed by atoms with van der Waals surface area (Å²) in [4.78, 5) is 28.6. The predicted octanol–water partition coefficient (Wildman–Crippen LogP) is 4.11. The molecule has 1 amide bonds. The molecule has 0 unspecified atom stereocenters. The summed E-state index contributed by atoms with van der Waals surface area (Å²) in [5.41, 5.74) is 0.508. The van der Waals surface area contributed by atoms with Gasteiger partial charge in [-0.3, -0.25) is 14.4 Å². The highest BCUT2D eigenvalue weighted by Crippen LogP contribution is 2.28. The van der Waals surface area contributed by atoms with Crippen LogP contribution in [0, 0.1) is 12.7 Å². The Balaban J connectivity index is 1.90. The first-order chi connectivity index (χ1) is 15.0. The van der Waals surface area contributed by atoms with Crippen LogP contribution < -0.4 is 9.62 Å². The fraction of sp³-hybridized carbons (Fsp3) is 0.150. The van der Waals surface area contributed by atoms with Crippen LogP contribution in [0.25, 0.3) is 0 Å².